The number of nitrogens with one attached hydrogen (secondary N) is 2. The number of benzene rings is 1. The van der Waals surface area contributed by atoms with Gasteiger partial charge in [0, 0.05) is 53.8 Å². The number of nitrogens with zero attached hydrogens (tertiary/aromatic N) is 3. The van der Waals surface area contributed by atoms with Gasteiger partial charge in [0.1, 0.15) is 5.82 Å². The fourth-order valence-corrected chi connectivity index (χ4v) is 5.07. The van der Waals surface area contributed by atoms with Crippen LogP contribution in [0.2, 0.25) is 0 Å². The van der Waals surface area contributed by atoms with Gasteiger partial charge in [-0.3, -0.25) is 9.78 Å². The van der Waals surface area contributed by atoms with Crippen molar-refractivity contribution < 1.29 is 8.42 Å². The number of hydrogen-bond acceptors (Lipinski definition) is 5. The molecule has 144 valence electrons. The Hall–Kier alpha value is -2.78. The highest BCUT2D eigenvalue weighted by Crippen LogP contribution is 2.34. The van der Waals surface area contributed by atoms with E-state index >= 15 is 0 Å². The minimum absolute atomic E-state index is 0.145. The average Bonchev–Trinajstić information content (AvgIpc) is 3.13. The van der Waals surface area contributed by atoms with Crippen LogP contribution in [0.1, 0.15) is 24.6 Å². The summed E-state index contributed by atoms with van der Waals surface area (Å²) < 4.78 is 25.0. The fourth-order valence-electron chi connectivity index (χ4n) is 4.19. The van der Waals surface area contributed by atoms with Gasteiger partial charge in [0.25, 0.3) is 5.56 Å². The summed E-state index contributed by atoms with van der Waals surface area (Å²) in [5, 5.41) is 3.10. The van der Waals surface area contributed by atoms with E-state index in [0.717, 1.165) is 33.0 Å². The second-order valence-corrected chi connectivity index (χ2v) is 9.28. The third-order valence-corrected chi connectivity index (χ3v) is 6.91. The molecule has 0 saturated carbocycles. The quantitative estimate of drug-likeness (QED) is 0.503. The summed E-state index contributed by atoms with van der Waals surface area (Å²) in [5.41, 5.74) is 1.47. The molecule has 0 amide bonds. The molecule has 2 N–H and O–H groups in total. The summed E-state index contributed by atoms with van der Waals surface area (Å²) in [6, 6.07) is 3.72. The zero-order chi connectivity index (χ0) is 19.5. The van der Waals surface area contributed by atoms with Crippen LogP contribution in [-0.2, 0) is 10.0 Å². The predicted octanol–water partition coefficient (Wildman–Crippen LogP) is 2.09. The molecule has 0 atom stereocenters. The van der Waals surface area contributed by atoms with Crippen LogP contribution in [0.3, 0.4) is 0 Å². The molecule has 1 fully saturated rings. The van der Waals surface area contributed by atoms with Gasteiger partial charge in [-0.05, 0) is 25.0 Å². The largest absolute Gasteiger partial charge is 0.341 e. The molecule has 0 aliphatic carbocycles. The average molecular weight is 397 g/mol. The Bertz CT molecular complexity index is 1380. The summed E-state index contributed by atoms with van der Waals surface area (Å²) in [5.74, 6) is 0.982. The smallest absolute Gasteiger partial charge is 0.256 e. The van der Waals surface area contributed by atoms with Crippen LogP contribution in [0.25, 0.3) is 32.6 Å². The topological polar surface area (TPSA) is 112 Å². The van der Waals surface area contributed by atoms with E-state index in [2.05, 4.69) is 15.0 Å². The van der Waals surface area contributed by atoms with E-state index < -0.39 is 10.0 Å². The van der Waals surface area contributed by atoms with E-state index in [1.165, 1.54) is 10.6 Å². The Morgan fingerprint density at radius 2 is 1.93 bits per heavy atom. The normalized spacial score (nSPS) is 17.0. The van der Waals surface area contributed by atoms with Crippen molar-refractivity contribution in [2.24, 2.45) is 0 Å². The van der Waals surface area contributed by atoms with Crippen molar-refractivity contribution in [2.45, 2.75) is 18.8 Å². The minimum atomic E-state index is -3.16. The zero-order valence-electron chi connectivity index (χ0n) is 15.3. The molecule has 1 saturated heterocycles. The lowest BCUT2D eigenvalue weighted by molar-refractivity contribution is 0.316. The number of H-pyrrole nitrogens is 2. The maximum Gasteiger partial charge on any atom is 0.256 e. The predicted molar refractivity (Wildman–Crippen MR) is 108 cm³/mol. The molecule has 28 heavy (non-hydrogen) atoms. The number of imidazole rings is 1. The van der Waals surface area contributed by atoms with Crippen LogP contribution >= 0.6 is 0 Å². The highest BCUT2D eigenvalue weighted by molar-refractivity contribution is 7.88. The van der Waals surface area contributed by atoms with E-state index in [1.54, 1.807) is 18.6 Å². The summed E-state index contributed by atoms with van der Waals surface area (Å²) in [4.78, 5) is 27.7. The van der Waals surface area contributed by atoms with Crippen LogP contribution in [-0.4, -0.2) is 52.0 Å². The molecule has 4 aromatic rings. The van der Waals surface area contributed by atoms with Gasteiger partial charge >= 0.3 is 0 Å². The third kappa shape index (κ3) is 2.61. The third-order valence-electron chi connectivity index (χ3n) is 5.61. The zero-order valence-corrected chi connectivity index (χ0v) is 16.1. The molecule has 0 spiro atoms. The van der Waals surface area contributed by atoms with Crippen molar-refractivity contribution >= 4 is 42.6 Å². The molecule has 9 heteroatoms. The second kappa shape index (κ2) is 6.11. The van der Waals surface area contributed by atoms with Crippen molar-refractivity contribution in [2.75, 3.05) is 19.3 Å². The number of aromatic amines is 2. The van der Waals surface area contributed by atoms with Gasteiger partial charge in [-0.1, -0.05) is 0 Å². The van der Waals surface area contributed by atoms with Gasteiger partial charge in [0.05, 0.1) is 22.7 Å². The molecule has 1 aliphatic rings. The van der Waals surface area contributed by atoms with Crippen molar-refractivity contribution in [1.29, 1.82) is 0 Å². The lowest BCUT2D eigenvalue weighted by atomic mass is 9.97. The van der Waals surface area contributed by atoms with Crippen molar-refractivity contribution in [3.05, 3.63) is 46.9 Å². The van der Waals surface area contributed by atoms with Crippen LogP contribution in [0, 0.1) is 0 Å². The van der Waals surface area contributed by atoms with Gasteiger partial charge in [0.15, 0.2) is 0 Å². The maximum absolute atomic E-state index is 12.5. The summed E-state index contributed by atoms with van der Waals surface area (Å²) in [7, 11) is -3.16. The number of rotatable bonds is 2. The summed E-state index contributed by atoms with van der Waals surface area (Å²) in [6.45, 7) is 0.979. The van der Waals surface area contributed by atoms with Crippen LogP contribution in [0.5, 0.6) is 0 Å². The summed E-state index contributed by atoms with van der Waals surface area (Å²) >= 11 is 0. The van der Waals surface area contributed by atoms with E-state index in [4.69, 9.17) is 4.98 Å². The van der Waals surface area contributed by atoms with Gasteiger partial charge in [-0.25, -0.2) is 17.7 Å². The minimum Gasteiger partial charge on any atom is -0.341 e. The van der Waals surface area contributed by atoms with Crippen molar-refractivity contribution in [3.8, 4) is 0 Å². The Labute approximate surface area is 160 Å². The van der Waals surface area contributed by atoms with Gasteiger partial charge in [0.2, 0.25) is 10.0 Å². The summed E-state index contributed by atoms with van der Waals surface area (Å²) in [6.07, 6.45) is 7.72. The Morgan fingerprint density at radius 1 is 1.14 bits per heavy atom. The molecule has 0 radical (unpaired) electrons. The first-order valence-electron chi connectivity index (χ1n) is 9.15. The highest BCUT2D eigenvalue weighted by atomic mass is 32.2. The van der Waals surface area contributed by atoms with Crippen molar-refractivity contribution in [1.82, 2.24) is 24.2 Å². The number of hydrogen-bond donors (Lipinski definition) is 2. The maximum atomic E-state index is 12.5. The van der Waals surface area contributed by atoms with E-state index in [-0.39, 0.29) is 11.5 Å². The Morgan fingerprint density at radius 3 is 2.68 bits per heavy atom. The Kier molecular flexibility index (Phi) is 3.78. The Balaban J connectivity index is 1.68. The molecule has 1 aliphatic heterocycles. The van der Waals surface area contributed by atoms with Crippen LogP contribution in [0.4, 0.5) is 0 Å². The number of fused-ring (bicyclic) bond motifs is 6. The molecular formula is C19H19N5O3S. The lowest BCUT2D eigenvalue weighted by Crippen LogP contribution is -2.37. The standard InChI is InChI=1S/C19H19N5O3S/c1-28(26,27)24-8-4-11(5-9-24)18-22-16-13-3-7-21-19(25)15(13)12-2-6-20-10-14(12)17(16)23-18/h2-3,6-7,10-11H,4-5,8-9H2,1H3,(H,21,25)(H,22,23). The van der Waals surface area contributed by atoms with E-state index in [9.17, 15) is 13.2 Å². The number of sulfonamides is 1. The number of piperidine rings is 1. The van der Waals surface area contributed by atoms with Crippen LogP contribution in [0.15, 0.2) is 35.5 Å². The molecular weight excluding hydrogens is 378 g/mol. The fraction of sp³-hybridized carbons (Fsp3) is 0.316. The van der Waals surface area contributed by atoms with Gasteiger partial charge < -0.3 is 9.97 Å². The molecule has 8 nitrogen and oxygen atoms in total. The first-order chi connectivity index (χ1) is 13.4. The highest BCUT2D eigenvalue weighted by Gasteiger charge is 2.28. The molecule has 3 aromatic heterocycles. The SMILES string of the molecule is CS(=O)(=O)N1CCC(c2nc3c4cnccc4c4c(=O)[nH]ccc4c3[nH]2)CC1. The van der Waals surface area contributed by atoms with Gasteiger partial charge in [-0.15, -0.1) is 0 Å². The van der Waals surface area contributed by atoms with Gasteiger partial charge in [-0.2, -0.15) is 0 Å². The van der Waals surface area contributed by atoms with Crippen molar-refractivity contribution in [3.63, 3.8) is 0 Å². The molecule has 4 heterocycles. The van der Waals surface area contributed by atoms with E-state index in [0.29, 0.717) is 31.3 Å². The lowest BCUT2D eigenvalue weighted by Gasteiger charge is -2.29. The monoisotopic (exact) mass is 397 g/mol. The molecule has 0 unspecified atom stereocenters. The number of aromatic nitrogens is 4. The molecule has 5 rings (SSSR count). The molecule has 0 bridgehead atoms. The first kappa shape index (κ1) is 17.3. The van der Waals surface area contributed by atoms with Crippen LogP contribution < -0.4 is 5.56 Å². The second-order valence-electron chi connectivity index (χ2n) is 7.30. The first-order valence-corrected chi connectivity index (χ1v) is 11.0. The molecule has 1 aromatic carbocycles. The van der Waals surface area contributed by atoms with E-state index in [1.807, 2.05) is 12.1 Å². The number of pyridine rings is 2.